The standard InChI is InChI=1S/C16H25N5S/c1-6-12(2)21(15-17-8-10-22-15)9-7-19-16(4,5)14-11-18-13(3)20-14/h7-12,19H,6H2,1-5H3,(H,18,20)/b9-7-. The molecule has 0 bridgehead atoms. The average molecular weight is 319 g/mol. The first kappa shape index (κ1) is 16.5. The van der Waals surface area contributed by atoms with Gasteiger partial charge in [0.2, 0.25) is 0 Å². The van der Waals surface area contributed by atoms with Crippen LogP contribution in [-0.2, 0) is 5.54 Å². The summed E-state index contributed by atoms with van der Waals surface area (Å²) in [4.78, 5) is 14.2. The number of hydrogen-bond acceptors (Lipinski definition) is 5. The van der Waals surface area contributed by atoms with Crippen LogP contribution in [0.3, 0.4) is 0 Å². The van der Waals surface area contributed by atoms with E-state index < -0.39 is 0 Å². The van der Waals surface area contributed by atoms with Crippen molar-refractivity contribution in [2.24, 2.45) is 0 Å². The van der Waals surface area contributed by atoms with Gasteiger partial charge in [-0.1, -0.05) is 6.92 Å². The second-order valence-corrected chi connectivity index (χ2v) is 6.82. The van der Waals surface area contributed by atoms with Gasteiger partial charge in [0.15, 0.2) is 5.13 Å². The number of H-pyrrole nitrogens is 1. The highest BCUT2D eigenvalue weighted by Crippen LogP contribution is 2.22. The van der Waals surface area contributed by atoms with Crippen LogP contribution < -0.4 is 10.2 Å². The lowest BCUT2D eigenvalue weighted by molar-refractivity contribution is 0.452. The van der Waals surface area contributed by atoms with E-state index in [1.54, 1.807) is 11.3 Å². The Morgan fingerprint density at radius 2 is 2.23 bits per heavy atom. The zero-order valence-electron chi connectivity index (χ0n) is 13.9. The third-order valence-electron chi connectivity index (χ3n) is 3.76. The molecule has 2 rings (SSSR count). The molecule has 5 nitrogen and oxygen atoms in total. The zero-order chi connectivity index (χ0) is 16.2. The molecule has 1 unspecified atom stereocenters. The Labute approximate surface area is 136 Å². The van der Waals surface area contributed by atoms with Crippen molar-refractivity contribution in [2.75, 3.05) is 4.90 Å². The number of aromatic nitrogens is 3. The van der Waals surface area contributed by atoms with Crippen molar-refractivity contribution < 1.29 is 0 Å². The van der Waals surface area contributed by atoms with Gasteiger partial charge < -0.3 is 15.2 Å². The SMILES string of the molecule is CCC(C)N(/C=C\NC(C)(C)c1cnc(C)[nH]1)c1nccs1. The van der Waals surface area contributed by atoms with Gasteiger partial charge in [-0.2, -0.15) is 0 Å². The largest absolute Gasteiger partial charge is 0.379 e. The number of rotatable bonds is 7. The normalized spacial score (nSPS) is 13.5. The summed E-state index contributed by atoms with van der Waals surface area (Å²) in [6.45, 7) is 10.6. The molecule has 0 spiro atoms. The first-order valence-corrected chi connectivity index (χ1v) is 8.46. The van der Waals surface area contributed by atoms with Gasteiger partial charge >= 0.3 is 0 Å². The summed E-state index contributed by atoms with van der Waals surface area (Å²) in [5, 5.41) is 6.46. The molecule has 0 aliphatic heterocycles. The van der Waals surface area contributed by atoms with Crippen molar-refractivity contribution in [3.8, 4) is 0 Å². The van der Waals surface area contributed by atoms with Crippen LogP contribution in [0.4, 0.5) is 5.13 Å². The molecule has 120 valence electrons. The number of aryl methyl sites for hydroxylation is 1. The molecule has 6 heteroatoms. The van der Waals surface area contributed by atoms with E-state index in [1.807, 2.05) is 30.9 Å². The monoisotopic (exact) mass is 319 g/mol. The Balaban J connectivity index is 2.08. The summed E-state index contributed by atoms with van der Waals surface area (Å²) >= 11 is 1.65. The maximum absolute atomic E-state index is 4.41. The van der Waals surface area contributed by atoms with E-state index in [0.717, 1.165) is 23.1 Å². The lowest BCUT2D eigenvalue weighted by atomic mass is 10.0. The van der Waals surface area contributed by atoms with Crippen molar-refractivity contribution in [1.29, 1.82) is 0 Å². The predicted octanol–water partition coefficient (Wildman–Crippen LogP) is 3.78. The van der Waals surface area contributed by atoms with E-state index in [1.165, 1.54) is 0 Å². The third-order valence-corrected chi connectivity index (χ3v) is 4.55. The molecular formula is C16H25N5S. The molecule has 0 saturated carbocycles. The molecule has 1 atom stereocenters. The quantitative estimate of drug-likeness (QED) is 0.815. The molecule has 2 N–H and O–H groups in total. The number of aromatic amines is 1. The highest BCUT2D eigenvalue weighted by molar-refractivity contribution is 7.13. The number of thiazole rings is 1. The van der Waals surface area contributed by atoms with E-state index in [4.69, 9.17) is 0 Å². The van der Waals surface area contributed by atoms with Crippen molar-refractivity contribution in [3.63, 3.8) is 0 Å². The van der Waals surface area contributed by atoms with E-state index in [9.17, 15) is 0 Å². The van der Waals surface area contributed by atoms with Gasteiger partial charge in [-0.25, -0.2) is 9.97 Å². The minimum Gasteiger partial charge on any atom is -0.379 e. The van der Waals surface area contributed by atoms with Gasteiger partial charge in [0.05, 0.1) is 17.4 Å². The lowest BCUT2D eigenvalue weighted by Crippen LogP contribution is -2.34. The molecule has 0 aliphatic carbocycles. The lowest BCUT2D eigenvalue weighted by Gasteiger charge is -2.27. The fraction of sp³-hybridized carbons (Fsp3) is 0.500. The van der Waals surface area contributed by atoms with Gasteiger partial charge in [-0.05, 0) is 34.1 Å². The third kappa shape index (κ3) is 3.88. The Hall–Kier alpha value is -1.82. The van der Waals surface area contributed by atoms with Crippen molar-refractivity contribution in [2.45, 2.75) is 52.6 Å². The maximum atomic E-state index is 4.41. The van der Waals surface area contributed by atoms with Gasteiger partial charge in [0.1, 0.15) is 5.82 Å². The molecule has 0 fully saturated rings. The number of hydrogen-bond donors (Lipinski definition) is 2. The van der Waals surface area contributed by atoms with E-state index in [0.29, 0.717) is 6.04 Å². The van der Waals surface area contributed by atoms with Gasteiger partial charge in [-0.3, -0.25) is 0 Å². The summed E-state index contributed by atoms with van der Waals surface area (Å²) < 4.78 is 0. The van der Waals surface area contributed by atoms with Crippen LogP contribution in [0.1, 0.15) is 45.6 Å². The fourth-order valence-electron chi connectivity index (χ4n) is 2.08. The van der Waals surface area contributed by atoms with Crippen molar-refractivity contribution in [1.82, 2.24) is 20.3 Å². The van der Waals surface area contributed by atoms with Crippen molar-refractivity contribution >= 4 is 16.5 Å². The highest BCUT2D eigenvalue weighted by Gasteiger charge is 2.21. The number of nitrogens with zero attached hydrogens (tertiary/aromatic N) is 3. The van der Waals surface area contributed by atoms with E-state index in [2.05, 4.69) is 59.1 Å². The Bertz CT molecular complexity index is 600. The summed E-state index contributed by atoms with van der Waals surface area (Å²) in [5.74, 6) is 0.929. The van der Waals surface area contributed by atoms with Crippen LogP contribution in [-0.4, -0.2) is 21.0 Å². The molecule has 0 aromatic carbocycles. The van der Waals surface area contributed by atoms with Crippen LogP contribution in [0, 0.1) is 6.92 Å². The van der Waals surface area contributed by atoms with E-state index in [-0.39, 0.29) is 5.54 Å². The number of nitrogens with one attached hydrogen (secondary N) is 2. The summed E-state index contributed by atoms with van der Waals surface area (Å²) in [6.07, 6.45) is 8.84. The second kappa shape index (κ2) is 6.96. The topological polar surface area (TPSA) is 56.8 Å². The molecule has 0 aliphatic rings. The molecule has 22 heavy (non-hydrogen) atoms. The van der Waals surface area contributed by atoms with Crippen LogP contribution in [0.15, 0.2) is 30.2 Å². The van der Waals surface area contributed by atoms with E-state index >= 15 is 0 Å². The first-order valence-electron chi connectivity index (χ1n) is 7.58. The van der Waals surface area contributed by atoms with Gasteiger partial charge in [-0.15, -0.1) is 11.3 Å². The Morgan fingerprint density at radius 3 is 2.77 bits per heavy atom. The van der Waals surface area contributed by atoms with Gasteiger partial charge in [0, 0.05) is 30.0 Å². The maximum Gasteiger partial charge on any atom is 0.189 e. The molecule has 2 aromatic heterocycles. The summed E-state index contributed by atoms with van der Waals surface area (Å²) in [7, 11) is 0. The summed E-state index contributed by atoms with van der Waals surface area (Å²) in [6, 6.07) is 0.404. The molecule has 0 saturated heterocycles. The average Bonchev–Trinajstić information content (AvgIpc) is 3.14. The van der Waals surface area contributed by atoms with Crippen LogP contribution in [0.25, 0.3) is 0 Å². The van der Waals surface area contributed by atoms with Gasteiger partial charge in [0.25, 0.3) is 0 Å². The van der Waals surface area contributed by atoms with Crippen LogP contribution >= 0.6 is 11.3 Å². The number of anilines is 1. The molecule has 0 radical (unpaired) electrons. The van der Waals surface area contributed by atoms with Crippen LogP contribution in [0.5, 0.6) is 0 Å². The molecule has 2 heterocycles. The highest BCUT2D eigenvalue weighted by atomic mass is 32.1. The number of imidazole rings is 1. The Morgan fingerprint density at radius 1 is 1.45 bits per heavy atom. The second-order valence-electron chi connectivity index (χ2n) is 5.95. The van der Waals surface area contributed by atoms with Crippen molar-refractivity contribution in [3.05, 3.63) is 41.7 Å². The Kier molecular flexibility index (Phi) is 5.24. The molecule has 2 aromatic rings. The summed E-state index contributed by atoms with van der Waals surface area (Å²) in [5.41, 5.74) is 0.862. The molecular weight excluding hydrogens is 294 g/mol. The smallest absolute Gasteiger partial charge is 0.189 e. The minimum absolute atomic E-state index is 0.207. The minimum atomic E-state index is -0.207. The zero-order valence-corrected chi connectivity index (χ0v) is 14.7. The first-order chi connectivity index (χ1) is 10.4. The van der Waals surface area contributed by atoms with Crippen LogP contribution in [0.2, 0.25) is 0 Å². The predicted molar refractivity (Wildman–Crippen MR) is 93.0 cm³/mol. The fourth-order valence-corrected chi connectivity index (χ4v) is 2.81. The molecule has 0 amide bonds.